The molecule has 94 valence electrons. The lowest BCUT2D eigenvalue weighted by atomic mass is 9.83. The third kappa shape index (κ3) is 2.10. The number of anilines is 1. The fourth-order valence-electron chi connectivity index (χ4n) is 2.00. The van der Waals surface area contributed by atoms with Crippen molar-refractivity contribution in [2.75, 3.05) is 38.3 Å². The van der Waals surface area contributed by atoms with Crippen molar-refractivity contribution in [2.45, 2.75) is 12.3 Å². The Hall–Kier alpha value is -1.26. The molecule has 0 saturated carbocycles. The Morgan fingerprint density at radius 3 is 2.94 bits per heavy atom. The highest BCUT2D eigenvalue weighted by molar-refractivity contribution is 5.61. The third-order valence-electron chi connectivity index (χ3n) is 3.55. The summed E-state index contributed by atoms with van der Waals surface area (Å²) in [5.74, 6) is 0.903. The number of nitrogens with zero attached hydrogens (tertiary/aromatic N) is 1. The highest BCUT2D eigenvalue weighted by atomic mass is 16.5. The van der Waals surface area contributed by atoms with Crippen LogP contribution in [0.5, 0.6) is 5.75 Å². The minimum atomic E-state index is -0.382. The molecule has 4 nitrogen and oxygen atoms in total. The van der Waals surface area contributed by atoms with Gasteiger partial charge < -0.3 is 20.5 Å². The molecule has 0 aliphatic carbocycles. The second kappa shape index (κ2) is 4.55. The molecule has 1 heterocycles. The number of likely N-dealkylation sites (N-methyl/N-ethyl adjacent to an activating group) is 1. The van der Waals surface area contributed by atoms with E-state index in [4.69, 9.17) is 10.5 Å². The Morgan fingerprint density at radius 2 is 2.29 bits per heavy atom. The summed E-state index contributed by atoms with van der Waals surface area (Å²) in [4.78, 5) is 2.16. The van der Waals surface area contributed by atoms with Crippen LogP contribution < -0.4 is 15.4 Å². The number of rotatable bonds is 3. The number of ether oxygens (including phenoxy) is 1. The van der Waals surface area contributed by atoms with Crippen LogP contribution in [0.25, 0.3) is 0 Å². The lowest BCUT2D eigenvalue weighted by Gasteiger charge is -2.31. The summed E-state index contributed by atoms with van der Waals surface area (Å²) in [6.07, 6.45) is 0. The molecule has 0 saturated heterocycles. The summed E-state index contributed by atoms with van der Waals surface area (Å²) in [5, 5.41) is 9.48. The molecule has 0 aromatic heterocycles. The molecule has 0 radical (unpaired) electrons. The monoisotopic (exact) mass is 236 g/mol. The van der Waals surface area contributed by atoms with Crippen LogP contribution in [0, 0.1) is 0 Å². The van der Waals surface area contributed by atoms with Gasteiger partial charge >= 0.3 is 0 Å². The van der Waals surface area contributed by atoms with Crippen LogP contribution in [0.3, 0.4) is 0 Å². The maximum absolute atomic E-state index is 9.48. The third-order valence-corrected chi connectivity index (χ3v) is 3.55. The lowest BCUT2D eigenvalue weighted by molar-refractivity contribution is 0.210. The van der Waals surface area contributed by atoms with Gasteiger partial charge in [-0.25, -0.2) is 0 Å². The average molecular weight is 236 g/mol. The van der Waals surface area contributed by atoms with Gasteiger partial charge in [0.05, 0.1) is 18.8 Å². The molecule has 2 rings (SSSR count). The molecule has 1 unspecified atom stereocenters. The molecule has 0 bridgehead atoms. The minimum Gasteiger partial charge on any atom is -0.490 e. The second-order valence-corrected chi connectivity index (χ2v) is 4.88. The number of fused-ring (bicyclic) bond motifs is 1. The molecular weight excluding hydrogens is 216 g/mol. The van der Waals surface area contributed by atoms with Crippen molar-refractivity contribution in [3.63, 3.8) is 0 Å². The van der Waals surface area contributed by atoms with Crippen molar-refractivity contribution in [1.82, 2.24) is 0 Å². The normalized spacial score (nSPS) is 18.2. The summed E-state index contributed by atoms with van der Waals surface area (Å²) >= 11 is 0. The molecule has 0 fully saturated rings. The van der Waals surface area contributed by atoms with E-state index in [1.165, 1.54) is 0 Å². The maximum Gasteiger partial charge on any atom is 0.142 e. The summed E-state index contributed by atoms with van der Waals surface area (Å²) in [7, 11) is 2.05. The van der Waals surface area contributed by atoms with E-state index in [-0.39, 0.29) is 12.0 Å². The Labute approximate surface area is 102 Å². The molecule has 3 N–H and O–H groups in total. The number of hydrogen-bond acceptors (Lipinski definition) is 4. The molecular formula is C13H20N2O2. The van der Waals surface area contributed by atoms with Gasteiger partial charge in [0, 0.05) is 19.0 Å². The van der Waals surface area contributed by atoms with Gasteiger partial charge in [-0.1, -0.05) is 13.0 Å². The van der Waals surface area contributed by atoms with Crippen LogP contribution in [-0.4, -0.2) is 38.5 Å². The largest absolute Gasteiger partial charge is 0.490 e. The molecule has 0 amide bonds. The number of benzene rings is 1. The van der Waals surface area contributed by atoms with Crippen LogP contribution in [0.4, 0.5) is 5.69 Å². The van der Waals surface area contributed by atoms with Gasteiger partial charge in [-0.15, -0.1) is 0 Å². The maximum atomic E-state index is 9.48. The zero-order valence-electron chi connectivity index (χ0n) is 10.4. The zero-order chi connectivity index (χ0) is 12.5. The van der Waals surface area contributed by atoms with E-state index in [9.17, 15) is 5.11 Å². The first-order valence-electron chi connectivity index (χ1n) is 5.90. The molecule has 1 aliphatic heterocycles. The standard InChI is InChI=1S/C13H20N2O2/c1-13(8-14,9-16)10-3-4-12-11(7-10)15(2)5-6-17-12/h3-4,7,16H,5-6,8-9,14H2,1-2H3. The first kappa shape index (κ1) is 12.2. The van der Waals surface area contributed by atoms with E-state index < -0.39 is 0 Å². The average Bonchev–Trinajstić information content (AvgIpc) is 2.38. The van der Waals surface area contributed by atoms with Crippen molar-refractivity contribution < 1.29 is 9.84 Å². The van der Waals surface area contributed by atoms with Crippen molar-refractivity contribution in [2.24, 2.45) is 5.73 Å². The molecule has 1 aromatic rings. The highest BCUT2D eigenvalue weighted by Gasteiger charge is 2.26. The first-order valence-corrected chi connectivity index (χ1v) is 5.90. The molecule has 17 heavy (non-hydrogen) atoms. The van der Waals surface area contributed by atoms with Crippen molar-refractivity contribution in [3.8, 4) is 5.75 Å². The van der Waals surface area contributed by atoms with E-state index >= 15 is 0 Å². The van der Waals surface area contributed by atoms with Crippen LogP contribution in [0.2, 0.25) is 0 Å². The summed E-state index contributed by atoms with van der Waals surface area (Å²) in [5.41, 5.74) is 7.50. The second-order valence-electron chi connectivity index (χ2n) is 4.88. The van der Waals surface area contributed by atoms with Crippen LogP contribution in [-0.2, 0) is 5.41 Å². The van der Waals surface area contributed by atoms with Gasteiger partial charge in [-0.2, -0.15) is 0 Å². The van der Waals surface area contributed by atoms with Crippen LogP contribution >= 0.6 is 0 Å². The summed E-state index contributed by atoms with van der Waals surface area (Å²) in [6.45, 7) is 4.05. The van der Waals surface area contributed by atoms with Crippen molar-refractivity contribution >= 4 is 5.69 Å². The van der Waals surface area contributed by atoms with Gasteiger partial charge in [0.15, 0.2) is 0 Å². The Kier molecular flexibility index (Phi) is 3.26. The molecule has 1 atom stereocenters. The van der Waals surface area contributed by atoms with E-state index in [0.717, 1.165) is 30.2 Å². The van der Waals surface area contributed by atoms with E-state index in [1.807, 2.05) is 26.1 Å². The van der Waals surface area contributed by atoms with Crippen molar-refractivity contribution in [3.05, 3.63) is 23.8 Å². The van der Waals surface area contributed by atoms with E-state index in [1.54, 1.807) is 0 Å². The Bertz CT molecular complexity index is 402. The molecule has 4 heteroatoms. The summed E-state index contributed by atoms with van der Waals surface area (Å²) < 4.78 is 5.59. The van der Waals surface area contributed by atoms with Gasteiger partial charge in [-0.05, 0) is 17.7 Å². The summed E-state index contributed by atoms with van der Waals surface area (Å²) in [6, 6.07) is 6.02. The highest BCUT2D eigenvalue weighted by Crippen LogP contribution is 2.35. The lowest BCUT2D eigenvalue weighted by Crippen LogP contribution is -2.36. The van der Waals surface area contributed by atoms with Gasteiger partial charge in [0.2, 0.25) is 0 Å². The van der Waals surface area contributed by atoms with Crippen molar-refractivity contribution in [1.29, 1.82) is 0 Å². The van der Waals surface area contributed by atoms with Gasteiger partial charge in [0.1, 0.15) is 12.4 Å². The van der Waals surface area contributed by atoms with Crippen LogP contribution in [0.1, 0.15) is 12.5 Å². The smallest absolute Gasteiger partial charge is 0.142 e. The predicted octanol–water partition coefficient (Wildman–Crippen LogP) is 0.724. The van der Waals surface area contributed by atoms with Crippen LogP contribution in [0.15, 0.2) is 18.2 Å². The number of aliphatic hydroxyl groups excluding tert-OH is 1. The molecule has 0 spiro atoms. The number of aliphatic hydroxyl groups is 1. The fraction of sp³-hybridized carbons (Fsp3) is 0.538. The topological polar surface area (TPSA) is 58.7 Å². The number of hydrogen-bond donors (Lipinski definition) is 2. The minimum absolute atomic E-state index is 0.0485. The Balaban J connectivity index is 2.41. The Morgan fingerprint density at radius 1 is 1.53 bits per heavy atom. The fourth-order valence-corrected chi connectivity index (χ4v) is 2.00. The molecule has 1 aromatic carbocycles. The first-order chi connectivity index (χ1) is 8.10. The molecule has 1 aliphatic rings. The predicted molar refractivity (Wildman–Crippen MR) is 68.7 cm³/mol. The van der Waals surface area contributed by atoms with Gasteiger partial charge in [-0.3, -0.25) is 0 Å². The van der Waals surface area contributed by atoms with Gasteiger partial charge in [0.25, 0.3) is 0 Å². The quantitative estimate of drug-likeness (QED) is 0.812. The zero-order valence-corrected chi connectivity index (χ0v) is 10.4. The number of nitrogens with two attached hydrogens (primary N) is 1. The van der Waals surface area contributed by atoms with E-state index in [0.29, 0.717) is 6.54 Å². The van der Waals surface area contributed by atoms with E-state index in [2.05, 4.69) is 11.0 Å². The SMILES string of the molecule is CN1CCOc2ccc(C(C)(CN)CO)cc21.